The van der Waals surface area contributed by atoms with Crippen molar-refractivity contribution in [3.63, 3.8) is 0 Å². The molecular weight excluding hydrogens is 304 g/mol. The molecule has 2 amide bonds. The van der Waals surface area contributed by atoms with Crippen molar-refractivity contribution in [1.29, 1.82) is 0 Å². The van der Waals surface area contributed by atoms with Gasteiger partial charge in [0, 0.05) is 38.5 Å². The summed E-state index contributed by atoms with van der Waals surface area (Å²) in [4.78, 5) is 28.7. The number of nitrogens with zero attached hydrogens (tertiary/aromatic N) is 2. The first kappa shape index (κ1) is 19.0. The van der Waals surface area contributed by atoms with Gasteiger partial charge in [0.1, 0.15) is 0 Å². The van der Waals surface area contributed by atoms with Crippen LogP contribution in [0, 0.1) is 5.41 Å². The van der Waals surface area contributed by atoms with Gasteiger partial charge < -0.3 is 14.9 Å². The van der Waals surface area contributed by atoms with Crippen LogP contribution in [0.25, 0.3) is 0 Å². The Hall–Kier alpha value is -1.36. The molecule has 0 saturated carbocycles. The van der Waals surface area contributed by atoms with Crippen molar-refractivity contribution >= 4 is 11.8 Å². The maximum atomic E-state index is 12.7. The number of amides is 2. The van der Waals surface area contributed by atoms with E-state index >= 15 is 0 Å². The molecule has 2 aliphatic heterocycles. The lowest BCUT2D eigenvalue weighted by Crippen LogP contribution is -2.52. The lowest BCUT2D eigenvalue weighted by atomic mass is 9.75. The average molecular weight is 336 g/mol. The number of carbonyl (C=O) groups is 2. The third kappa shape index (κ3) is 4.59. The number of rotatable bonds is 5. The molecule has 2 fully saturated rings. The number of likely N-dealkylation sites (tertiary alicyclic amines) is 2. The number of piperidine rings is 2. The first-order valence-electron chi connectivity index (χ1n) is 9.21. The van der Waals surface area contributed by atoms with E-state index in [4.69, 9.17) is 0 Å². The Morgan fingerprint density at radius 1 is 1.17 bits per heavy atom. The molecule has 1 atom stereocenters. The highest BCUT2D eigenvalue weighted by molar-refractivity contribution is 5.84. The second-order valence-electron chi connectivity index (χ2n) is 7.83. The van der Waals surface area contributed by atoms with Gasteiger partial charge in [-0.25, -0.2) is 0 Å². The van der Waals surface area contributed by atoms with Crippen LogP contribution in [0.2, 0.25) is 0 Å². The van der Waals surface area contributed by atoms with E-state index in [1.165, 1.54) is 0 Å². The van der Waals surface area contributed by atoms with Crippen molar-refractivity contribution < 1.29 is 14.7 Å². The van der Waals surface area contributed by atoms with E-state index in [-0.39, 0.29) is 42.2 Å². The minimum atomic E-state index is -0.286. The maximum absolute atomic E-state index is 12.7. The summed E-state index contributed by atoms with van der Waals surface area (Å²) in [6.45, 7) is 10.2. The van der Waals surface area contributed by atoms with Gasteiger partial charge >= 0.3 is 0 Å². The van der Waals surface area contributed by atoms with E-state index in [0.29, 0.717) is 25.9 Å². The smallest absolute Gasteiger partial charge is 0.223 e. The van der Waals surface area contributed by atoms with Crippen LogP contribution in [0.4, 0.5) is 0 Å². The van der Waals surface area contributed by atoms with Crippen LogP contribution in [-0.4, -0.2) is 58.5 Å². The number of aliphatic hydroxyl groups excluding tert-OH is 1. The molecule has 0 bridgehead atoms. The quantitative estimate of drug-likeness (QED) is 0.784. The highest BCUT2D eigenvalue weighted by atomic mass is 16.3. The van der Waals surface area contributed by atoms with E-state index in [1.807, 2.05) is 11.0 Å². The molecule has 0 unspecified atom stereocenters. The monoisotopic (exact) mass is 336 g/mol. The van der Waals surface area contributed by atoms with Gasteiger partial charge in [-0.3, -0.25) is 9.59 Å². The predicted octanol–water partition coefficient (Wildman–Crippen LogP) is 2.34. The summed E-state index contributed by atoms with van der Waals surface area (Å²) in [5, 5.41) is 9.52. The van der Waals surface area contributed by atoms with Crippen LogP contribution >= 0.6 is 0 Å². The predicted molar refractivity (Wildman–Crippen MR) is 94.4 cm³/mol. The van der Waals surface area contributed by atoms with Gasteiger partial charge in [-0.2, -0.15) is 0 Å². The number of hydrogen-bond acceptors (Lipinski definition) is 3. The summed E-state index contributed by atoms with van der Waals surface area (Å²) in [5.41, 5.74) is 0.0924. The van der Waals surface area contributed by atoms with E-state index in [1.54, 1.807) is 4.90 Å². The van der Waals surface area contributed by atoms with Crippen molar-refractivity contribution in [2.24, 2.45) is 5.41 Å². The SMILES string of the molecule is C=CC[C@@H]1N(C(=O)CCC(=O)N2CCC(O)CC2)CCCC1(C)C. The summed E-state index contributed by atoms with van der Waals surface area (Å²) in [6.07, 6.45) is 6.37. The Labute approximate surface area is 145 Å². The summed E-state index contributed by atoms with van der Waals surface area (Å²) in [6, 6.07) is 0.177. The number of hydrogen-bond donors (Lipinski definition) is 1. The fourth-order valence-corrected chi connectivity index (χ4v) is 3.98. The standard InChI is InChI=1S/C19H32N2O3/c1-4-6-16-19(2,3)11-5-12-21(16)18(24)8-7-17(23)20-13-9-15(22)10-14-20/h4,15-16,22H,1,5-14H2,2-3H3/t16-/m0/s1. The molecular formula is C19H32N2O3. The zero-order chi connectivity index (χ0) is 17.7. The van der Waals surface area contributed by atoms with Crippen LogP contribution in [-0.2, 0) is 9.59 Å². The molecule has 0 aliphatic carbocycles. The molecule has 0 radical (unpaired) electrons. The van der Waals surface area contributed by atoms with E-state index in [2.05, 4.69) is 20.4 Å². The van der Waals surface area contributed by atoms with Crippen LogP contribution < -0.4 is 0 Å². The molecule has 5 heteroatoms. The molecule has 0 aromatic carbocycles. The van der Waals surface area contributed by atoms with Crippen LogP contribution in [0.5, 0.6) is 0 Å². The van der Waals surface area contributed by atoms with Crippen molar-refractivity contribution in [1.82, 2.24) is 9.80 Å². The summed E-state index contributed by atoms with van der Waals surface area (Å²) >= 11 is 0. The zero-order valence-electron chi connectivity index (χ0n) is 15.2. The van der Waals surface area contributed by atoms with E-state index in [0.717, 1.165) is 25.8 Å². The summed E-state index contributed by atoms with van der Waals surface area (Å²) in [7, 11) is 0. The average Bonchev–Trinajstić information content (AvgIpc) is 2.54. The van der Waals surface area contributed by atoms with Crippen LogP contribution in [0.1, 0.15) is 58.8 Å². The van der Waals surface area contributed by atoms with E-state index in [9.17, 15) is 14.7 Å². The molecule has 24 heavy (non-hydrogen) atoms. The van der Waals surface area contributed by atoms with E-state index < -0.39 is 0 Å². The molecule has 2 aliphatic rings. The Kier molecular flexibility index (Phi) is 6.44. The number of aliphatic hydroxyl groups is 1. The highest BCUT2D eigenvalue weighted by Gasteiger charge is 2.38. The Morgan fingerprint density at radius 3 is 2.42 bits per heavy atom. The molecule has 136 valence electrons. The molecule has 2 rings (SSSR count). The molecule has 0 spiro atoms. The Morgan fingerprint density at radius 2 is 1.79 bits per heavy atom. The molecule has 2 heterocycles. The normalized spacial score (nSPS) is 24.7. The largest absolute Gasteiger partial charge is 0.393 e. The molecule has 0 aromatic rings. The van der Waals surface area contributed by atoms with Crippen molar-refractivity contribution in [3.8, 4) is 0 Å². The van der Waals surface area contributed by atoms with Gasteiger partial charge in [0.05, 0.1) is 6.10 Å². The van der Waals surface area contributed by atoms with Crippen LogP contribution in [0.3, 0.4) is 0 Å². The summed E-state index contributed by atoms with van der Waals surface area (Å²) in [5.74, 6) is 0.117. The van der Waals surface area contributed by atoms with Gasteiger partial charge in [0.15, 0.2) is 0 Å². The van der Waals surface area contributed by atoms with Gasteiger partial charge in [-0.1, -0.05) is 19.9 Å². The topological polar surface area (TPSA) is 60.9 Å². The van der Waals surface area contributed by atoms with Crippen molar-refractivity contribution in [2.75, 3.05) is 19.6 Å². The highest BCUT2D eigenvalue weighted by Crippen LogP contribution is 2.37. The van der Waals surface area contributed by atoms with Crippen molar-refractivity contribution in [3.05, 3.63) is 12.7 Å². The fourth-order valence-electron chi connectivity index (χ4n) is 3.98. The van der Waals surface area contributed by atoms with Gasteiger partial charge in [0.2, 0.25) is 11.8 Å². The first-order chi connectivity index (χ1) is 11.3. The number of carbonyl (C=O) groups excluding carboxylic acids is 2. The summed E-state index contributed by atoms with van der Waals surface area (Å²) < 4.78 is 0. The zero-order valence-corrected chi connectivity index (χ0v) is 15.2. The molecule has 1 N–H and O–H groups in total. The second kappa shape index (κ2) is 8.15. The Balaban J connectivity index is 1.88. The van der Waals surface area contributed by atoms with Gasteiger partial charge in [-0.05, 0) is 37.5 Å². The third-order valence-electron chi connectivity index (χ3n) is 5.58. The lowest BCUT2D eigenvalue weighted by molar-refractivity contribution is -0.142. The minimum absolute atomic E-state index is 0.0341. The maximum Gasteiger partial charge on any atom is 0.223 e. The third-order valence-corrected chi connectivity index (χ3v) is 5.58. The van der Waals surface area contributed by atoms with Crippen molar-refractivity contribution in [2.45, 2.75) is 70.9 Å². The van der Waals surface area contributed by atoms with Crippen LogP contribution in [0.15, 0.2) is 12.7 Å². The Bertz CT molecular complexity index is 467. The van der Waals surface area contributed by atoms with Gasteiger partial charge in [-0.15, -0.1) is 6.58 Å². The lowest BCUT2D eigenvalue weighted by Gasteiger charge is -2.46. The molecule has 0 aromatic heterocycles. The molecule has 5 nitrogen and oxygen atoms in total. The first-order valence-corrected chi connectivity index (χ1v) is 9.21. The fraction of sp³-hybridized carbons (Fsp3) is 0.789. The molecule has 2 saturated heterocycles. The second-order valence-corrected chi connectivity index (χ2v) is 7.83. The minimum Gasteiger partial charge on any atom is -0.393 e. The van der Waals surface area contributed by atoms with Gasteiger partial charge in [0.25, 0.3) is 0 Å².